The van der Waals surface area contributed by atoms with Crippen molar-refractivity contribution >= 4 is 23.2 Å². The van der Waals surface area contributed by atoms with Gasteiger partial charge in [0, 0.05) is 34.2 Å². The summed E-state index contributed by atoms with van der Waals surface area (Å²) < 4.78 is 5.54. The molecule has 25 heavy (non-hydrogen) atoms. The van der Waals surface area contributed by atoms with Gasteiger partial charge in [0.05, 0.1) is 0 Å². The maximum Gasteiger partial charge on any atom is 0.259 e. The maximum atomic E-state index is 11.6. The molecule has 0 saturated heterocycles. The molecule has 0 aliphatic heterocycles. The number of amides is 1. The summed E-state index contributed by atoms with van der Waals surface area (Å²) in [6.45, 7) is 1.38. The van der Waals surface area contributed by atoms with Gasteiger partial charge < -0.3 is 20.3 Å². The van der Waals surface area contributed by atoms with Crippen LogP contribution in [0.15, 0.2) is 46.1 Å². The summed E-state index contributed by atoms with van der Waals surface area (Å²) in [6.07, 6.45) is 0. The Morgan fingerprint density at radius 2 is 1.96 bits per heavy atom. The molecule has 0 aliphatic carbocycles. The molecule has 0 radical (unpaired) electrons. The van der Waals surface area contributed by atoms with Crippen molar-refractivity contribution in [1.29, 1.82) is 0 Å². The van der Waals surface area contributed by atoms with Gasteiger partial charge in [-0.25, -0.2) is 0 Å². The molecule has 1 aromatic heterocycles. The largest absolute Gasteiger partial charge is 0.484 e. The zero-order valence-electron chi connectivity index (χ0n) is 14.8. The molecule has 0 bridgehead atoms. The number of ether oxygens (including phenoxy) is 1. The molecule has 0 atom stereocenters. The Morgan fingerprint density at radius 3 is 2.60 bits per heavy atom. The SMILES string of the molecule is CN=C(NCc1ccsc1)NCc1cccc(OCC(=O)N(C)C)c1. The highest BCUT2D eigenvalue weighted by molar-refractivity contribution is 7.07. The third-order valence-electron chi connectivity index (χ3n) is 3.48. The van der Waals surface area contributed by atoms with E-state index in [0.29, 0.717) is 12.3 Å². The van der Waals surface area contributed by atoms with Crippen LogP contribution in [-0.2, 0) is 17.9 Å². The minimum absolute atomic E-state index is 0.0355. The topological polar surface area (TPSA) is 66.0 Å². The molecule has 0 unspecified atom stereocenters. The molecule has 2 rings (SSSR count). The fourth-order valence-corrected chi connectivity index (χ4v) is 2.67. The molecule has 0 aliphatic rings. The van der Waals surface area contributed by atoms with Gasteiger partial charge in [-0.05, 0) is 40.1 Å². The number of likely N-dealkylation sites (N-methyl/N-ethyl adjacent to an activating group) is 1. The first-order valence-electron chi connectivity index (χ1n) is 7.96. The Labute approximate surface area is 152 Å². The number of nitrogens with one attached hydrogen (secondary N) is 2. The van der Waals surface area contributed by atoms with Crippen LogP contribution < -0.4 is 15.4 Å². The number of thiophene rings is 1. The minimum Gasteiger partial charge on any atom is -0.484 e. The number of hydrogen-bond donors (Lipinski definition) is 2. The number of guanidine groups is 1. The highest BCUT2D eigenvalue weighted by atomic mass is 32.1. The van der Waals surface area contributed by atoms with Gasteiger partial charge >= 0.3 is 0 Å². The Bertz CT molecular complexity index is 699. The molecule has 0 fully saturated rings. The number of carbonyl (C=O) groups excluding carboxylic acids is 1. The Balaban J connectivity index is 1.83. The molecule has 134 valence electrons. The van der Waals surface area contributed by atoms with E-state index in [1.54, 1.807) is 32.5 Å². The van der Waals surface area contributed by atoms with E-state index in [2.05, 4.69) is 32.5 Å². The van der Waals surface area contributed by atoms with Crippen molar-refractivity contribution in [1.82, 2.24) is 15.5 Å². The van der Waals surface area contributed by atoms with E-state index in [4.69, 9.17) is 4.74 Å². The first-order valence-corrected chi connectivity index (χ1v) is 8.90. The second-order valence-electron chi connectivity index (χ2n) is 5.64. The van der Waals surface area contributed by atoms with E-state index < -0.39 is 0 Å². The van der Waals surface area contributed by atoms with Gasteiger partial charge in [-0.3, -0.25) is 9.79 Å². The van der Waals surface area contributed by atoms with Crippen molar-refractivity contribution in [3.8, 4) is 5.75 Å². The zero-order valence-corrected chi connectivity index (χ0v) is 15.6. The van der Waals surface area contributed by atoms with Crippen LogP contribution in [-0.4, -0.2) is 44.5 Å². The zero-order chi connectivity index (χ0) is 18.1. The highest BCUT2D eigenvalue weighted by Gasteiger charge is 2.05. The van der Waals surface area contributed by atoms with Crippen LogP contribution in [0.3, 0.4) is 0 Å². The number of carbonyl (C=O) groups is 1. The average molecular weight is 360 g/mol. The molecule has 7 heteroatoms. The van der Waals surface area contributed by atoms with Crippen molar-refractivity contribution in [2.45, 2.75) is 13.1 Å². The summed E-state index contributed by atoms with van der Waals surface area (Å²) in [5.41, 5.74) is 2.28. The van der Waals surface area contributed by atoms with E-state index >= 15 is 0 Å². The summed E-state index contributed by atoms with van der Waals surface area (Å²) in [5, 5.41) is 10.7. The second kappa shape index (κ2) is 9.68. The molecule has 1 aromatic carbocycles. The normalized spacial score (nSPS) is 11.1. The van der Waals surface area contributed by atoms with Crippen molar-refractivity contribution in [2.24, 2.45) is 4.99 Å². The Morgan fingerprint density at radius 1 is 1.20 bits per heavy atom. The lowest BCUT2D eigenvalue weighted by Gasteiger charge is -2.13. The Kier molecular flexibility index (Phi) is 7.28. The van der Waals surface area contributed by atoms with Crippen LogP contribution in [0, 0.1) is 0 Å². The molecular formula is C18H24N4O2S. The summed E-state index contributed by atoms with van der Waals surface area (Å²) >= 11 is 1.68. The van der Waals surface area contributed by atoms with Crippen LogP contribution in [0.5, 0.6) is 5.75 Å². The molecule has 6 nitrogen and oxygen atoms in total. The first-order chi connectivity index (χ1) is 12.1. The standard InChI is InChI=1S/C18H24N4O2S/c1-19-18(21-11-15-7-8-25-13-15)20-10-14-5-4-6-16(9-14)24-12-17(23)22(2)3/h4-9,13H,10-12H2,1-3H3,(H2,19,20,21). The monoisotopic (exact) mass is 360 g/mol. The quantitative estimate of drug-likeness (QED) is 0.586. The Hall–Kier alpha value is -2.54. The van der Waals surface area contributed by atoms with Crippen molar-refractivity contribution in [3.63, 3.8) is 0 Å². The predicted octanol–water partition coefficient (Wildman–Crippen LogP) is 2.08. The maximum absolute atomic E-state index is 11.6. The van der Waals surface area contributed by atoms with Gasteiger partial charge in [0.1, 0.15) is 5.75 Å². The number of nitrogens with zero attached hydrogens (tertiary/aromatic N) is 2. The van der Waals surface area contributed by atoms with Gasteiger partial charge in [0.25, 0.3) is 5.91 Å². The van der Waals surface area contributed by atoms with Crippen molar-refractivity contribution < 1.29 is 9.53 Å². The van der Waals surface area contributed by atoms with E-state index in [-0.39, 0.29) is 12.5 Å². The van der Waals surface area contributed by atoms with Crippen LogP contribution in [0.2, 0.25) is 0 Å². The predicted molar refractivity (Wildman–Crippen MR) is 102 cm³/mol. The number of hydrogen-bond acceptors (Lipinski definition) is 4. The summed E-state index contributed by atoms with van der Waals surface area (Å²) in [5.74, 6) is 1.34. The molecule has 2 N–H and O–H groups in total. The van der Waals surface area contributed by atoms with Crippen LogP contribution in [0.1, 0.15) is 11.1 Å². The van der Waals surface area contributed by atoms with Crippen molar-refractivity contribution in [3.05, 3.63) is 52.2 Å². The van der Waals surface area contributed by atoms with Gasteiger partial charge in [-0.1, -0.05) is 12.1 Å². The second-order valence-corrected chi connectivity index (χ2v) is 6.42. The van der Waals surface area contributed by atoms with E-state index in [0.717, 1.165) is 18.1 Å². The number of rotatable bonds is 7. The van der Waals surface area contributed by atoms with Crippen molar-refractivity contribution in [2.75, 3.05) is 27.7 Å². The third kappa shape index (κ3) is 6.46. The number of aliphatic imine (C=N–C) groups is 1. The highest BCUT2D eigenvalue weighted by Crippen LogP contribution is 2.13. The summed E-state index contributed by atoms with van der Waals surface area (Å²) in [4.78, 5) is 17.3. The van der Waals surface area contributed by atoms with E-state index in [1.165, 1.54) is 10.5 Å². The lowest BCUT2D eigenvalue weighted by molar-refractivity contribution is -0.130. The van der Waals surface area contributed by atoms with Crippen LogP contribution in [0.4, 0.5) is 0 Å². The van der Waals surface area contributed by atoms with Gasteiger partial charge in [-0.15, -0.1) is 0 Å². The molecule has 1 amide bonds. The van der Waals surface area contributed by atoms with Crippen LogP contribution in [0.25, 0.3) is 0 Å². The molecule has 2 aromatic rings. The lowest BCUT2D eigenvalue weighted by atomic mass is 10.2. The minimum atomic E-state index is -0.0680. The third-order valence-corrected chi connectivity index (χ3v) is 4.22. The van der Waals surface area contributed by atoms with Gasteiger partial charge in [-0.2, -0.15) is 11.3 Å². The summed E-state index contributed by atoms with van der Waals surface area (Å²) in [6, 6.07) is 9.76. The lowest BCUT2D eigenvalue weighted by Crippen LogP contribution is -2.36. The fourth-order valence-electron chi connectivity index (χ4n) is 2.00. The summed E-state index contributed by atoms with van der Waals surface area (Å²) in [7, 11) is 5.16. The molecule has 0 saturated carbocycles. The van der Waals surface area contributed by atoms with Gasteiger partial charge in [0.15, 0.2) is 12.6 Å². The van der Waals surface area contributed by atoms with Gasteiger partial charge in [0.2, 0.25) is 0 Å². The molecule has 1 heterocycles. The van der Waals surface area contributed by atoms with Crippen LogP contribution >= 0.6 is 11.3 Å². The molecule has 0 spiro atoms. The average Bonchev–Trinajstić information content (AvgIpc) is 3.13. The molecular weight excluding hydrogens is 336 g/mol. The number of benzene rings is 1. The van der Waals surface area contributed by atoms with E-state index in [1.807, 2.05) is 24.3 Å². The fraction of sp³-hybridized carbons (Fsp3) is 0.333. The smallest absolute Gasteiger partial charge is 0.259 e. The van der Waals surface area contributed by atoms with E-state index in [9.17, 15) is 4.79 Å². The first kappa shape index (κ1) is 18.8.